The number of hydrogen-bond acceptors (Lipinski definition) is 6. The summed E-state index contributed by atoms with van der Waals surface area (Å²) in [7, 11) is 0. The van der Waals surface area contributed by atoms with Crippen LogP contribution in [0.4, 0.5) is 10.2 Å². The van der Waals surface area contributed by atoms with Crippen molar-refractivity contribution in [2.45, 2.75) is 13.5 Å². The molecular formula is C27H29FN6O2. The molecule has 5 rings (SSSR count). The molecular weight excluding hydrogens is 459 g/mol. The van der Waals surface area contributed by atoms with E-state index in [2.05, 4.69) is 25.6 Å². The Labute approximate surface area is 209 Å². The molecule has 8 nitrogen and oxygen atoms in total. The number of morpholine rings is 1. The second-order valence-corrected chi connectivity index (χ2v) is 8.83. The summed E-state index contributed by atoms with van der Waals surface area (Å²) in [6.07, 6.45) is 1.74. The summed E-state index contributed by atoms with van der Waals surface area (Å²) in [6, 6.07) is 15.9. The molecule has 36 heavy (non-hydrogen) atoms. The van der Waals surface area contributed by atoms with E-state index in [1.165, 1.54) is 6.07 Å². The lowest BCUT2D eigenvalue weighted by molar-refractivity contribution is 0.0383. The Balaban J connectivity index is 1.24. The van der Waals surface area contributed by atoms with E-state index in [4.69, 9.17) is 4.74 Å². The number of rotatable bonds is 8. The number of anilines is 1. The highest BCUT2D eigenvalue weighted by atomic mass is 19.1. The van der Waals surface area contributed by atoms with Crippen molar-refractivity contribution in [3.05, 3.63) is 83.3 Å². The molecule has 2 N–H and O–H groups in total. The number of carbonyl (C=O) groups is 1. The second kappa shape index (κ2) is 10.8. The maximum Gasteiger partial charge on any atom is 0.251 e. The van der Waals surface area contributed by atoms with Crippen LogP contribution in [0.25, 0.3) is 16.9 Å². The van der Waals surface area contributed by atoms with Crippen molar-refractivity contribution in [2.24, 2.45) is 0 Å². The average molecular weight is 489 g/mol. The van der Waals surface area contributed by atoms with E-state index in [1.54, 1.807) is 35.0 Å². The molecule has 4 aromatic rings. The minimum atomic E-state index is -0.323. The van der Waals surface area contributed by atoms with Crippen LogP contribution in [0.15, 0.2) is 60.8 Å². The third-order valence-electron chi connectivity index (χ3n) is 6.31. The summed E-state index contributed by atoms with van der Waals surface area (Å²) < 4.78 is 21.5. The molecule has 0 aliphatic carbocycles. The lowest BCUT2D eigenvalue weighted by Gasteiger charge is -2.26. The minimum absolute atomic E-state index is 0.0832. The Hall–Kier alpha value is -3.82. The van der Waals surface area contributed by atoms with Crippen LogP contribution >= 0.6 is 0 Å². The average Bonchev–Trinajstić information content (AvgIpc) is 3.29. The maximum absolute atomic E-state index is 14.4. The molecule has 2 aromatic heterocycles. The van der Waals surface area contributed by atoms with Crippen LogP contribution in [-0.4, -0.2) is 64.8 Å². The van der Waals surface area contributed by atoms with Crippen molar-refractivity contribution in [1.82, 2.24) is 24.8 Å². The quantitative estimate of drug-likeness (QED) is 0.395. The van der Waals surface area contributed by atoms with Gasteiger partial charge in [-0.3, -0.25) is 9.69 Å². The van der Waals surface area contributed by atoms with Crippen molar-refractivity contribution >= 4 is 17.4 Å². The molecule has 9 heteroatoms. The van der Waals surface area contributed by atoms with E-state index in [0.29, 0.717) is 41.4 Å². The molecule has 1 aliphatic rings. The van der Waals surface area contributed by atoms with E-state index in [1.807, 2.05) is 31.2 Å². The predicted octanol–water partition coefficient (Wildman–Crippen LogP) is 3.52. The highest BCUT2D eigenvalue weighted by molar-refractivity contribution is 5.94. The van der Waals surface area contributed by atoms with Crippen LogP contribution in [0.5, 0.6) is 0 Å². The van der Waals surface area contributed by atoms with Gasteiger partial charge in [-0.1, -0.05) is 24.3 Å². The predicted molar refractivity (Wildman–Crippen MR) is 136 cm³/mol. The largest absolute Gasteiger partial charge is 0.379 e. The third-order valence-corrected chi connectivity index (χ3v) is 6.31. The first-order chi connectivity index (χ1) is 17.6. The number of fused-ring (bicyclic) bond motifs is 1. The Bertz CT molecular complexity index is 1350. The summed E-state index contributed by atoms with van der Waals surface area (Å²) in [5, 5.41) is 10.8. The summed E-state index contributed by atoms with van der Waals surface area (Å²) in [4.78, 5) is 19.4. The van der Waals surface area contributed by atoms with Gasteiger partial charge in [0.2, 0.25) is 0 Å². The minimum Gasteiger partial charge on any atom is -0.379 e. The topological polar surface area (TPSA) is 83.8 Å². The molecule has 186 valence electrons. The van der Waals surface area contributed by atoms with Gasteiger partial charge in [-0.15, -0.1) is 0 Å². The molecule has 0 radical (unpaired) electrons. The van der Waals surface area contributed by atoms with Crippen LogP contribution in [0.3, 0.4) is 0 Å². The van der Waals surface area contributed by atoms with Gasteiger partial charge in [0.25, 0.3) is 5.91 Å². The first kappa shape index (κ1) is 23.9. The monoisotopic (exact) mass is 488 g/mol. The van der Waals surface area contributed by atoms with Crippen molar-refractivity contribution in [1.29, 1.82) is 0 Å². The van der Waals surface area contributed by atoms with Gasteiger partial charge in [-0.25, -0.2) is 9.37 Å². The Kier molecular flexibility index (Phi) is 7.20. The van der Waals surface area contributed by atoms with E-state index in [-0.39, 0.29) is 11.7 Å². The van der Waals surface area contributed by atoms with Gasteiger partial charge >= 0.3 is 0 Å². The van der Waals surface area contributed by atoms with Gasteiger partial charge in [-0.05, 0) is 36.8 Å². The zero-order valence-corrected chi connectivity index (χ0v) is 20.2. The molecule has 1 fully saturated rings. The zero-order valence-electron chi connectivity index (χ0n) is 20.2. The lowest BCUT2D eigenvalue weighted by atomic mass is 10.1. The summed E-state index contributed by atoms with van der Waals surface area (Å²) in [5.41, 5.74) is 4.17. The third kappa shape index (κ3) is 5.37. The van der Waals surface area contributed by atoms with Crippen LogP contribution in [0, 0.1) is 12.7 Å². The lowest BCUT2D eigenvalue weighted by Crippen LogP contribution is -2.41. The van der Waals surface area contributed by atoms with Gasteiger partial charge in [0.15, 0.2) is 5.65 Å². The van der Waals surface area contributed by atoms with Crippen molar-refractivity contribution in [3.8, 4) is 11.3 Å². The summed E-state index contributed by atoms with van der Waals surface area (Å²) in [5.74, 6) is 0.299. The smallest absolute Gasteiger partial charge is 0.251 e. The van der Waals surface area contributed by atoms with Gasteiger partial charge in [-0.2, -0.15) is 9.61 Å². The summed E-state index contributed by atoms with van der Waals surface area (Å²) >= 11 is 0. The number of benzene rings is 2. The maximum atomic E-state index is 14.4. The molecule has 0 unspecified atom stereocenters. The number of aryl methyl sites for hydroxylation is 1. The van der Waals surface area contributed by atoms with Crippen molar-refractivity contribution < 1.29 is 13.9 Å². The molecule has 0 spiro atoms. The van der Waals surface area contributed by atoms with Gasteiger partial charge in [0.05, 0.1) is 25.1 Å². The number of aromatic nitrogens is 3. The van der Waals surface area contributed by atoms with E-state index < -0.39 is 0 Å². The fraction of sp³-hybridized carbons (Fsp3) is 0.296. The number of nitrogens with zero attached hydrogens (tertiary/aromatic N) is 4. The van der Waals surface area contributed by atoms with Gasteiger partial charge in [0.1, 0.15) is 11.6 Å². The summed E-state index contributed by atoms with van der Waals surface area (Å²) in [6.45, 7) is 7.16. The van der Waals surface area contributed by atoms with E-state index in [0.717, 1.165) is 44.0 Å². The first-order valence-electron chi connectivity index (χ1n) is 12.1. The molecule has 0 bridgehead atoms. The normalized spacial score (nSPS) is 14.2. The molecule has 0 atom stereocenters. The Morgan fingerprint density at radius 2 is 1.89 bits per heavy atom. The number of ether oxygens (including phenoxy) is 1. The molecule has 3 heterocycles. The molecule has 2 aromatic carbocycles. The number of amides is 1. The highest BCUT2D eigenvalue weighted by Gasteiger charge is 2.14. The fourth-order valence-electron chi connectivity index (χ4n) is 4.23. The van der Waals surface area contributed by atoms with Crippen molar-refractivity contribution in [3.63, 3.8) is 0 Å². The van der Waals surface area contributed by atoms with Gasteiger partial charge in [0, 0.05) is 55.5 Å². The number of hydrogen-bond donors (Lipinski definition) is 2. The highest BCUT2D eigenvalue weighted by Crippen LogP contribution is 2.26. The van der Waals surface area contributed by atoms with Crippen LogP contribution < -0.4 is 10.6 Å². The molecule has 0 saturated carbocycles. The zero-order chi connectivity index (χ0) is 24.9. The van der Waals surface area contributed by atoms with Crippen LogP contribution in [0.1, 0.15) is 21.5 Å². The Morgan fingerprint density at radius 1 is 1.11 bits per heavy atom. The fourth-order valence-corrected chi connectivity index (χ4v) is 4.23. The van der Waals surface area contributed by atoms with Crippen LogP contribution in [-0.2, 0) is 11.3 Å². The second-order valence-electron chi connectivity index (χ2n) is 8.83. The molecule has 1 amide bonds. The Morgan fingerprint density at radius 3 is 2.67 bits per heavy atom. The number of carbonyl (C=O) groups excluding carboxylic acids is 1. The molecule has 1 aliphatic heterocycles. The van der Waals surface area contributed by atoms with Crippen molar-refractivity contribution in [2.75, 3.05) is 44.7 Å². The standard InChI is InChI=1S/C27H29FN6O2/c1-19-17-31-34-25(16-24(32-26(19)34)22-4-2-3-5-23(22)28)30-18-20-6-8-21(9-7-20)27(35)29-10-11-33-12-14-36-15-13-33/h2-9,16-17,30H,10-15,18H2,1H3,(H,29,35). The van der Waals surface area contributed by atoms with E-state index in [9.17, 15) is 9.18 Å². The number of nitrogens with one attached hydrogen (secondary N) is 2. The van der Waals surface area contributed by atoms with Gasteiger partial charge < -0.3 is 15.4 Å². The van der Waals surface area contributed by atoms with E-state index >= 15 is 0 Å². The first-order valence-corrected chi connectivity index (χ1v) is 12.1. The van der Waals surface area contributed by atoms with Crippen LogP contribution in [0.2, 0.25) is 0 Å². The molecule has 1 saturated heterocycles. The number of halogens is 1. The SMILES string of the molecule is Cc1cnn2c(NCc3ccc(C(=O)NCCN4CCOCC4)cc3)cc(-c3ccccc3F)nc12.